The molecule has 1 aliphatic carbocycles. The maximum absolute atomic E-state index is 6.10. The molecule has 104 valence electrons. The van der Waals surface area contributed by atoms with E-state index in [2.05, 4.69) is 65.7 Å². The van der Waals surface area contributed by atoms with Gasteiger partial charge in [0, 0.05) is 11.3 Å². The molecule has 1 heterocycles. The first-order valence-electron chi connectivity index (χ1n) is 6.89. The van der Waals surface area contributed by atoms with Crippen molar-refractivity contribution < 1.29 is 0 Å². The molecule has 0 radical (unpaired) electrons. The minimum Gasteiger partial charge on any atom is -0.383 e. The Labute approximate surface area is 133 Å². The number of aromatic nitrogens is 2. The molecule has 1 fully saturated rings. The zero-order valence-electron chi connectivity index (χ0n) is 11.7. The zero-order valence-corrected chi connectivity index (χ0v) is 13.9. The fourth-order valence-corrected chi connectivity index (χ4v) is 3.05. The summed E-state index contributed by atoms with van der Waals surface area (Å²) in [7, 11) is 0. The number of hydrogen-bond acceptors (Lipinski definition) is 3. The van der Waals surface area contributed by atoms with Crippen LogP contribution in [-0.2, 0) is 5.41 Å². The predicted molar refractivity (Wildman–Crippen MR) is 89.7 cm³/mol. The summed E-state index contributed by atoms with van der Waals surface area (Å²) in [5.41, 5.74) is 8.22. The van der Waals surface area contributed by atoms with Crippen molar-refractivity contribution in [2.24, 2.45) is 0 Å². The lowest BCUT2D eigenvalue weighted by molar-refractivity contribution is 0.585. The topological polar surface area (TPSA) is 51.8 Å². The first-order chi connectivity index (χ1) is 9.50. The van der Waals surface area contributed by atoms with Gasteiger partial charge in [-0.25, -0.2) is 9.97 Å². The molecule has 3 rings (SSSR count). The lowest BCUT2D eigenvalue weighted by atomic mass is 9.83. The molecule has 0 amide bonds. The van der Waals surface area contributed by atoms with Crippen molar-refractivity contribution in [2.75, 3.05) is 5.73 Å². The Morgan fingerprint density at radius 2 is 1.80 bits per heavy atom. The van der Waals surface area contributed by atoms with Crippen molar-refractivity contribution in [3.8, 4) is 0 Å². The van der Waals surface area contributed by atoms with Crippen molar-refractivity contribution in [1.29, 1.82) is 0 Å². The zero-order chi connectivity index (χ0) is 14.3. The van der Waals surface area contributed by atoms with Gasteiger partial charge < -0.3 is 5.73 Å². The highest BCUT2D eigenvalue weighted by molar-refractivity contribution is 14.1. The van der Waals surface area contributed by atoms with Gasteiger partial charge in [0.25, 0.3) is 0 Å². The number of hydrogen-bond donors (Lipinski definition) is 1. The largest absolute Gasteiger partial charge is 0.383 e. The molecule has 0 spiro atoms. The maximum atomic E-state index is 6.10. The molecule has 2 aromatic rings. The van der Waals surface area contributed by atoms with Gasteiger partial charge in [-0.3, -0.25) is 0 Å². The normalized spacial score (nSPS) is 15.3. The third kappa shape index (κ3) is 2.41. The fraction of sp³-hybridized carbons (Fsp3) is 0.375. The predicted octanol–water partition coefficient (Wildman–Crippen LogP) is 3.87. The maximum Gasteiger partial charge on any atom is 0.141 e. The molecule has 1 aromatic heterocycles. The Balaban J connectivity index is 2.10. The van der Waals surface area contributed by atoms with E-state index in [9.17, 15) is 0 Å². The van der Waals surface area contributed by atoms with E-state index in [1.165, 1.54) is 18.4 Å². The van der Waals surface area contributed by atoms with Gasteiger partial charge in [0.15, 0.2) is 0 Å². The van der Waals surface area contributed by atoms with Gasteiger partial charge in [0.1, 0.15) is 11.6 Å². The minimum absolute atomic E-state index is 0.233. The molecule has 0 bridgehead atoms. The second-order valence-corrected chi connectivity index (χ2v) is 6.98. The highest BCUT2D eigenvalue weighted by atomic mass is 127. The van der Waals surface area contributed by atoms with Crippen LogP contribution in [0, 0.1) is 3.57 Å². The summed E-state index contributed by atoms with van der Waals surface area (Å²) in [5, 5.41) is 0. The molecule has 1 aliphatic rings. The van der Waals surface area contributed by atoms with Gasteiger partial charge >= 0.3 is 0 Å². The fourth-order valence-electron chi connectivity index (χ4n) is 2.37. The SMILES string of the molecule is CC(C)(c1ccccc1)c1nc(N)c(I)c(C2CC2)n1. The van der Waals surface area contributed by atoms with E-state index < -0.39 is 0 Å². The van der Waals surface area contributed by atoms with Gasteiger partial charge in [-0.2, -0.15) is 0 Å². The Morgan fingerprint density at radius 1 is 1.15 bits per heavy atom. The van der Waals surface area contributed by atoms with E-state index in [0.717, 1.165) is 15.1 Å². The Bertz CT molecular complexity index is 634. The van der Waals surface area contributed by atoms with Crippen LogP contribution in [0.1, 0.15) is 49.7 Å². The summed E-state index contributed by atoms with van der Waals surface area (Å²) in [6, 6.07) is 10.4. The summed E-state index contributed by atoms with van der Waals surface area (Å²) < 4.78 is 1.03. The van der Waals surface area contributed by atoms with E-state index in [4.69, 9.17) is 10.7 Å². The second-order valence-electron chi connectivity index (χ2n) is 5.90. The van der Waals surface area contributed by atoms with E-state index in [1.54, 1.807) is 0 Å². The average Bonchev–Trinajstić information content (AvgIpc) is 3.27. The highest BCUT2D eigenvalue weighted by Gasteiger charge is 2.33. The standard InChI is InChI=1S/C16H18IN3/c1-16(2,11-6-4-3-5-7-11)15-19-13(10-8-9-10)12(17)14(18)20-15/h3-7,10H,8-9H2,1-2H3,(H2,18,19,20). The van der Waals surface area contributed by atoms with Crippen LogP contribution in [0.2, 0.25) is 0 Å². The van der Waals surface area contributed by atoms with Gasteiger partial charge in [-0.1, -0.05) is 30.3 Å². The second kappa shape index (κ2) is 4.98. The van der Waals surface area contributed by atoms with Crippen molar-refractivity contribution in [1.82, 2.24) is 9.97 Å². The van der Waals surface area contributed by atoms with Gasteiger partial charge in [0.2, 0.25) is 0 Å². The molecular weight excluding hydrogens is 361 g/mol. The number of benzene rings is 1. The van der Waals surface area contributed by atoms with Crippen molar-refractivity contribution in [3.05, 3.63) is 51.0 Å². The lowest BCUT2D eigenvalue weighted by Crippen LogP contribution is -2.24. The number of rotatable bonds is 3. The van der Waals surface area contributed by atoms with E-state index in [0.29, 0.717) is 11.7 Å². The van der Waals surface area contributed by atoms with E-state index >= 15 is 0 Å². The molecular formula is C16H18IN3. The van der Waals surface area contributed by atoms with Crippen molar-refractivity contribution in [2.45, 2.75) is 38.0 Å². The summed E-state index contributed by atoms with van der Waals surface area (Å²) >= 11 is 2.27. The quantitative estimate of drug-likeness (QED) is 0.824. The third-order valence-electron chi connectivity index (χ3n) is 3.92. The number of nitrogens with two attached hydrogens (primary N) is 1. The average molecular weight is 379 g/mol. The van der Waals surface area contributed by atoms with Crippen LogP contribution < -0.4 is 5.73 Å². The molecule has 4 heteroatoms. The summed E-state index contributed by atoms with van der Waals surface area (Å²) in [6.45, 7) is 4.31. The molecule has 2 N–H and O–H groups in total. The highest BCUT2D eigenvalue weighted by Crippen LogP contribution is 2.43. The first kappa shape index (κ1) is 13.8. The monoisotopic (exact) mass is 379 g/mol. The Morgan fingerprint density at radius 3 is 2.40 bits per heavy atom. The number of nitrogen functional groups attached to an aromatic ring is 1. The van der Waals surface area contributed by atoms with Crippen molar-refractivity contribution in [3.63, 3.8) is 0 Å². The van der Waals surface area contributed by atoms with Crippen LogP contribution in [0.3, 0.4) is 0 Å². The first-order valence-corrected chi connectivity index (χ1v) is 7.97. The summed E-state index contributed by atoms with van der Waals surface area (Å²) in [6.07, 6.45) is 2.44. The molecule has 1 saturated carbocycles. The van der Waals surface area contributed by atoms with E-state index in [1.807, 2.05) is 6.07 Å². The van der Waals surface area contributed by atoms with Crippen molar-refractivity contribution >= 4 is 28.4 Å². The Hall–Kier alpha value is -1.17. The van der Waals surface area contributed by atoms with Crippen LogP contribution in [-0.4, -0.2) is 9.97 Å². The number of halogens is 1. The summed E-state index contributed by atoms with van der Waals surface area (Å²) in [5.74, 6) is 2.02. The minimum atomic E-state index is -0.233. The molecule has 0 aliphatic heterocycles. The van der Waals surface area contributed by atoms with Crippen LogP contribution in [0.25, 0.3) is 0 Å². The molecule has 1 aromatic carbocycles. The third-order valence-corrected chi connectivity index (χ3v) is 5.03. The molecule has 0 saturated heterocycles. The molecule has 3 nitrogen and oxygen atoms in total. The van der Waals surface area contributed by atoms with Crippen LogP contribution in [0.5, 0.6) is 0 Å². The van der Waals surface area contributed by atoms with Gasteiger partial charge in [0.05, 0.1) is 9.26 Å². The van der Waals surface area contributed by atoms with Gasteiger partial charge in [-0.15, -0.1) is 0 Å². The lowest BCUT2D eigenvalue weighted by Gasteiger charge is -2.25. The number of nitrogens with zero attached hydrogens (tertiary/aromatic N) is 2. The van der Waals surface area contributed by atoms with Crippen LogP contribution in [0.4, 0.5) is 5.82 Å². The molecule has 20 heavy (non-hydrogen) atoms. The molecule has 0 unspecified atom stereocenters. The molecule has 0 atom stereocenters. The van der Waals surface area contributed by atoms with E-state index in [-0.39, 0.29) is 5.41 Å². The summed E-state index contributed by atoms with van der Waals surface area (Å²) in [4.78, 5) is 9.40. The van der Waals surface area contributed by atoms with Crippen LogP contribution >= 0.6 is 22.6 Å². The van der Waals surface area contributed by atoms with Gasteiger partial charge in [-0.05, 0) is 54.8 Å². The Kier molecular flexibility index (Phi) is 3.44. The smallest absolute Gasteiger partial charge is 0.141 e. The number of anilines is 1. The van der Waals surface area contributed by atoms with Crippen LogP contribution in [0.15, 0.2) is 30.3 Å².